The van der Waals surface area contributed by atoms with Crippen molar-refractivity contribution in [2.75, 3.05) is 33.0 Å². The monoisotopic (exact) mass is 1580 g/mol. The summed E-state index contributed by atoms with van der Waals surface area (Å²) in [4.78, 5) is 27.2. The molecule has 28 nitrogen and oxygen atoms in total. The Bertz CT molecular complexity index is 3400. The van der Waals surface area contributed by atoms with E-state index >= 15 is 4.79 Å². The number of allylic oxidation sites excluding steroid dienone is 2. The lowest BCUT2D eigenvalue weighted by atomic mass is 9.33. The summed E-state index contributed by atoms with van der Waals surface area (Å²) < 4.78 is 103. The normalized spacial score (nSPS) is 44.9. The first-order valence-electron chi connectivity index (χ1n) is 37.9. The van der Waals surface area contributed by atoms with Crippen LogP contribution in [0.1, 0.15) is 149 Å². The zero-order chi connectivity index (χ0) is 78.9. The van der Waals surface area contributed by atoms with Crippen molar-refractivity contribution in [1.29, 1.82) is 0 Å². The maximum absolute atomic E-state index is 15.4. The van der Waals surface area contributed by atoms with Crippen LogP contribution in [0.25, 0.3) is 0 Å². The van der Waals surface area contributed by atoms with Crippen LogP contribution < -0.4 is 5.32 Å². The Morgan fingerprint density at radius 1 is 0.615 bits per heavy atom. The van der Waals surface area contributed by atoms with E-state index in [0.717, 1.165) is 37.0 Å². The number of halogens is 4. The van der Waals surface area contributed by atoms with Crippen molar-refractivity contribution >= 4 is 24.3 Å². The molecule has 0 amide bonds. The van der Waals surface area contributed by atoms with E-state index in [4.69, 9.17) is 52.1 Å². The number of carbonyl (C=O) groups is 2. The standard InChI is InChI=1S/C58H94O25.C19H20F3NO2.ClH/c1-23-44(80-47-40(69)34(63)27(60)21-74-47)38(67)42(71)48(76-23)79-33-13-14-55(7)30(54(33,5)6)12-15-56(8)31(55)11-10-25-26-18-53(3,4)16-17-58(26,32(62)19-57(25,56)9)52(73)83-51-46(35(64)28(61)22-75-51)82-49-43(72)39(68)45(24(2)77-49)81-50-41(70)37(66)36(65)29(20-59)78-50;1-14(12-15-6-5-9-17(13-15)19(20,21)22)23-10-11-25-18(24)16-7-3-2-4-8-16;/h10,23-24,26-51,59-72H,11-22H2,1-9H3;2-9,13-14,23H,10-12H2,1H3;1H. The Labute approximate surface area is 638 Å². The van der Waals surface area contributed by atoms with Crippen molar-refractivity contribution in [3.8, 4) is 0 Å². The summed E-state index contributed by atoms with van der Waals surface area (Å²) in [7, 11) is 0. The number of alkyl halides is 3. The van der Waals surface area contributed by atoms with Gasteiger partial charge in [-0.1, -0.05) is 96.5 Å². The summed E-state index contributed by atoms with van der Waals surface area (Å²) in [5, 5.41) is 156. The lowest BCUT2D eigenvalue weighted by Crippen LogP contribution is -2.68. The van der Waals surface area contributed by atoms with Gasteiger partial charge in [-0.05, 0) is 154 Å². The number of hydrogen-bond donors (Lipinski definition) is 15. The minimum absolute atomic E-state index is 0. The molecule has 12 rings (SSSR count). The summed E-state index contributed by atoms with van der Waals surface area (Å²) in [6, 6.07) is 13.9. The quantitative estimate of drug-likeness (QED) is 0.0441. The summed E-state index contributed by atoms with van der Waals surface area (Å²) in [5.74, 6) is -1.40. The average Bonchev–Trinajstić information content (AvgIpc) is 0.670. The van der Waals surface area contributed by atoms with Gasteiger partial charge in [0.2, 0.25) is 6.29 Å². The first-order chi connectivity index (χ1) is 50.6. The van der Waals surface area contributed by atoms with Gasteiger partial charge in [0.25, 0.3) is 0 Å². The smallest absolute Gasteiger partial charge is 0.416 e. The number of carbonyl (C=O) groups excluding carboxylic acids is 2. The molecule has 0 radical (unpaired) electrons. The highest BCUT2D eigenvalue weighted by molar-refractivity contribution is 5.89. The van der Waals surface area contributed by atoms with Crippen molar-refractivity contribution < 1.29 is 146 Å². The molecule has 33 atom stereocenters. The number of fused-ring (bicyclic) bond motifs is 7. The molecule has 4 saturated carbocycles. The van der Waals surface area contributed by atoms with Crippen molar-refractivity contribution in [2.24, 2.45) is 50.2 Å². The van der Waals surface area contributed by atoms with Gasteiger partial charge in [0.1, 0.15) is 104 Å². The first-order valence-corrected chi connectivity index (χ1v) is 37.9. The second-order valence-electron chi connectivity index (χ2n) is 34.0. The molecule has 5 aliphatic carbocycles. The lowest BCUT2D eigenvalue weighted by molar-refractivity contribution is -0.374. The van der Waals surface area contributed by atoms with Crippen LogP contribution in [0.3, 0.4) is 0 Å². The lowest BCUT2D eigenvalue weighted by Gasteiger charge is -2.71. The van der Waals surface area contributed by atoms with Crippen molar-refractivity contribution in [1.82, 2.24) is 5.32 Å². The molecule has 618 valence electrons. The number of rotatable bonds is 18. The fraction of sp³-hybridized carbons (Fsp3) is 0.792. The van der Waals surface area contributed by atoms with Crippen LogP contribution >= 0.6 is 12.4 Å². The Morgan fingerprint density at radius 3 is 1.83 bits per heavy atom. The molecular formula is C77H115ClF3NO27. The second kappa shape index (κ2) is 34.2. The number of ether oxygens (including phenoxy) is 11. The maximum atomic E-state index is 15.4. The fourth-order valence-electron chi connectivity index (χ4n) is 19.9. The molecule has 9 fully saturated rings. The summed E-state index contributed by atoms with van der Waals surface area (Å²) in [6.45, 7) is 19.7. The van der Waals surface area contributed by atoms with Gasteiger partial charge in [-0.15, -0.1) is 12.4 Å². The van der Waals surface area contributed by atoms with Gasteiger partial charge < -0.3 is 129 Å². The van der Waals surface area contributed by atoms with Crippen molar-refractivity contribution in [3.05, 3.63) is 82.9 Å². The van der Waals surface area contributed by atoms with E-state index in [1.807, 2.05) is 13.0 Å². The third-order valence-corrected chi connectivity index (χ3v) is 26.3. The Balaban J connectivity index is 0.000000413. The molecule has 2 aromatic rings. The van der Waals surface area contributed by atoms with Crippen LogP contribution in [0.5, 0.6) is 0 Å². The summed E-state index contributed by atoms with van der Waals surface area (Å²) >= 11 is 0. The molecule has 109 heavy (non-hydrogen) atoms. The number of hydrogen-bond acceptors (Lipinski definition) is 28. The molecule has 0 aromatic heterocycles. The third-order valence-electron chi connectivity index (χ3n) is 26.3. The van der Waals surface area contributed by atoms with E-state index in [1.54, 1.807) is 37.3 Å². The van der Waals surface area contributed by atoms with E-state index in [2.05, 4.69) is 59.9 Å². The molecular weight excluding hydrogens is 1460 g/mol. The molecule has 0 spiro atoms. The Morgan fingerprint density at radius 2 is 1.19 bits per heavy atom. The summed E-state index contributed by atoms with van der Waals surface area (Å²) in [6.07, 6.45) is -33.1. The predicted octanol–water partition coefficient (Wildman–Crippen LogP) is 2.60. The molecule has 2 aromatic carbocycles. The number of benzene rings is 2. The van der Waals surface area contributed by atoms with Gasteiger partial charge in [-0.25, -0.2) is 4.79 Å². The number of esters is 2. The van der Waals surface area contributed by atoms with Gasteiger partial charge in [-0.2, -0.15) is 13.2 Å². The molecule has 32 heteroatoms. The average molecular weight is 1580 g/mol. The minimum Gasteiger partial charge on any atom is -0.461 e. The number of aliphatic hydroxyl groups excluding tert-OH is 14. The van der Waals surface area contributed by atoms with Crippen LogP contribution in [0, 0.1) is 50.2 Å². The molecule has 10 aliphatic rings. The zero-order valence-electron chi connectivity index (χ0n) is 63.2. The number of aliphatic hydroxyl groups is 14. The van der Waals surface area contributed by atoms with Crippen LogP contribution in [0.2, 0.25) is 0 Å². The molecule has 5 aliphatic heterocycles. The van der Waals surface area contributed by atoms with Crippen LogP contribution in [0.15, 0.2) is 66.2 Å². The van der Waals surface area contributed by atoms with Crippen LogP contribution in [0.4, 0.5) is 13.2 Å². The molecule has 5 saturated heterocycles. The third kappa shape index (κ3) is 17.1. The molecule has 5 heterocycles. The second-order valence-corrected chi connectivity index (χ2v) is 34.0. The number of nitrogens with one attached hydrogen (secondary N) is 1. The Kier molecular flexibility index (Phi) is 27.5. The highest BCUT2D eigenvalue weighted by Crippen LogP contribution is 2.76. The van der Waals surface area contributed by atoms with Crippen LogP contribution in [-0.2, 0) is 69.5 Å². The maximum Gasteiger partial charge on any atom is 0.416 e. The minimum atomic E-state index is -4.34. The van der Waals surface area contributed by atoms with E-state index in [-0.39, 0.29) is 72.6 Å². The van der Waals surface area contributed by atoms with Gasteiger partial charge in [0, 0.05) is 12.6 Å². The van der Waals surface area contributed by atoms with Crippen molar-refractivity contribution in [3.63, 3.8) is 0 Å². The van der Waals surface area contributed by atoms with E-state index in [0.29, 0.717) is 49.8 Å². The largest absolute Gasteiger partial charge is 0.461 e. The van der Waals surface area contributed by atoms with E-state index in [1.165, 1.54) is 13.0 Å². The van der Waals surface area contributed by atoms with Gasteiger partial charge in [0.15, 0.2) is 31.3 Å². The van der Waals surface area contributed by atoms with E-state index < -0.39 is 213 Å². The molecule has 0 bridgehead atoms. The predicted molar refractivity (Wildman–Crippen MR) is 379 cm³/mol. The van der Waals surface area contributed by atoms with Gasteiger partial charge >= 0.3 is 18.1 Å². The topological polar surface area (TPSA) is 431 Å². The highest BCUT2D eigenvalue weighted by Gasteiger charge is 2.72. The van der Waals surface area contributed by atoms with Crippen molar-refractivity contribution in [2.45, 2.75) is 299 Å². The van der Waals surface area contributed by atoms with Crippen LogP contribution in [-0.4, -0.2) is 276 Å². The fourth-order valence-corrected chi connectivity index (χ4v) is 19.9. The van der Waals surface area contributed by atoms with Gasteiger partial charge in [0.05, 0.1) is 55.4 Å². The molecule has 33 unspecified atom stereocenters. The van der Waals surface area contributed by atoms with E-state index in [9.17, 15) is 89.5 Å². The SMILES string of the molecule is CC(Cc1cccc(C(F)(F)F)c1)NCCOC(=O)c1ccccc1.CC1OC(OC2CCC3(C)C(CCC4(C)C3CC=C3C5CC(C)(C)CCC5(C(=O)OC5OCC(O)C(O)C5OC5OC(C)C(OC6OC(CO)C(O)C(O)C6O)C(O)C5O)C(O)CC34C)C2(C)C)C(O)C(O)C1OC1OCC(O)C(O)C1O.Cl. The highest BCUT2D eigenvalue weighted by atomic mass is 35.5. The summed E-state index contributed by atoms with van der Waals surface area (Å²) in [5.41, 5.74) is -1.83. The Hall–Kier alpha value is -3.76. The van der Waals surface area contributed by atoms with Gasteiger partial charge in [-0.3, -0.25) is 4.79 Å². The first kappa shape index (κ1) is 87.6. The molecule has 15 N–H and O–H groups in total. The zero-order valence-corrected chi connectivity index (χ0v) is 64.1.